The first-order valence-corrected chi connectivity index (χ1v) is 9.94. The molecule has 4 rings (SSSR count). The Morgan fingerprint density at radius 3 is 2.92 bits per heavy atom. The molecule has 134 valence electrons. The molecule has 2 aromatic heterocycles. The number of aryl methyl sites for hydroxylation is 1. The van der Waals surface area contributed by atoms with Crippen molar-refractivity contribution >= 4 is 28.1 Å². The van der Waals surface area contributed by atoms with Crippen LogP contribution >= 0.6 is 11.3 Å². The lowest BCUT2D eigenvalue weighted by atomic mass is 10.1. The second-order valence-corrected chi connectivity index (χ2v) is 7.68. The van der Waals surface area contributed by atoms with E-state index in [0.29, 0.717) is 23.0 Å². The molecular weight excluding hydrogens is 346 g/mol. The van der Waals surface area contributed by atoms with Crippen molar-refractivity contribution in [1.82, 2.24) is 14.9 Å². The third-order valence-electron chi connectivity index (χ3n) is 4.83. The highest BCUT2D eigenvalue weighted by atomic mass is 32.1. The molecule has 0 fully saturated rings. The van der Waals surface area contributed by atoms with Crippen molar-refractivity contribution in [3.63, 3.8) is 0 Å². The van der Waals surface area contributed by atoms with Gasteiger partial charge in [-0.3, -0.25) is 14.2 Å². The van der Waals surface area contributed by atoms with Gasteiger partial charge in [0.05, 0.1) is 17.4 Å². The van der Waals surface area contributed by atoms with Crippen LogP contribution in [-0.4, -0.2) is 15.5 Å². The predicted molar refractivity (Wildman–Crippen MR) is 104 cm³/mol. The SMILES string of the molecule is O=C(NCc1cccs1)c1ccc2c(=O)n3c(nc2c1)CCCCCC3. The highest BCUT2D eigenvalue weighted by molar-refractivity contribution is 7.09. The van der Waals surface area contributed by atoms with Crippen LogP contribution in [0.2, 0.25) is 0 Å². The van der Waals surface area contributed by atoms with Crippen molar-refractivity contribution in [3.8, 4) is 0 Å². The Morgan fingerprint density at radius 1 is 1.19 bits per heavy atom. The van der Waals surface area contributed by atoms with Crippen molar-refractivity contribution < 1.29 is 4.79 Å². The largest absolute Gasteiger partial charge is 0.347 e. The number of hydrogen-bond acceptors (Lipinski definition) is 4. The van der Waals surface area contributed by atoms with Crippen LogP contribution in [0.25, 0.3) is 10.9 Å². The number of carbonyl (C=O) groups excluding carboxylic acids is 1. The van der Waals surface area contributed by atoms with Crippen LogP contribution < -0.4 is 10.9 Å². The second-order valence-electron chi connectivity index (χ2n) is 6.64. The summed E-state index contributed by atoms with van der Waals surface area (Å²) < 4.78 is 1.82. The fourth-order valence-electron chi connectivity index (χ4n) is 3.42. The van der Waals surface area contributed by atoms with Crippen LogP contribution in [0.1, 0.15) is 46.7 Å². The average molecular weight is 367 g/mol. The molecule has 3 heterocycles. The van der Waals surface area contributed by atoms with Crippen LogP contribution in [0.5, 0.6) is 0 Å². The zero-order valence-electron chi connectivity index (χ0n) is 14.5. The Labute approximate surface area is 155 Å². The first kappa shape index (κ1) is 17.0. The average Bonchev–Trinajstić information content (AvgIpc) is 3.14. The molecule has 1 amide bonds. The molecule has 1 N–H and O–H groups in total. The zero-order valence-corrected chi connectivity index (χ0v) is 15.3. The maximum atomic E-state index is 12.8. The molecule has 3 aromatic rings. The third-order valence-corrected chi connectivity index (χ3v) is 5.71. The number of carbonyl (C=O) groups is 1. The number of rotatable bonds is 3. The molecular formula is C20H21N3O2S. The first-order chi connectivity index (χ1) is 12.7. The molecule has 0 saturated heterocycles. The maximum absolute atomic E-state index is 12.8. The Kier molecular flexibility index (Phi) is 4.84. The summed E-state index contributed by atoms with van der Waals surface area (Å²) in [6, 6.07) is 9.14. The van der Waals surface area contributed by atoms with E-state index >= 15 is 0 Å². The third kappa shape index (κ3) is 3.42. The molecule has 6 heteroatoms. The van der Waals surface area contributed by atoms with Gasteiger partial charge in [0, 0.05) is 23.4 Å². The number of aromatic nitrogens is 2. The molecule has 0 unspecified atom stereocenters. The summed E-state index contributed by atoms with van der Waals surface area (Å²) in [6.45, 7) is 1.25. The lowest BCUT2D eigenvalue weighted by Gasteiger charge is -2.16. The molecule has 0 radical (unpaired) electrons. The van der Waals surface area contributed by atoms with E-state index in [9.17, 15) is 9.59 Å². The highest BCUT2D eigenvalue weighted by Gasteiger charge is 2.15. The number of thiophene rings is 1. The zero-order chi connectivity index (χ0) is 17.9. The predicted octanol–water partition coefficient (Wildman–Crippen LogP) is 3.50. The summed E-state index contributed by atoms with van der Waals surface area (Å²) in [5.41, 5.74) is 1.17. The van der Waals surface area contributed by atoms with Gasteiger partial charge in [-0.05, 0) is 42.5 Å². The van der Waals surface area contributed by atoms with Gasteiger partial charge in [0.1, 0.15) is 5.82 Å². The van der Waals surface area contributed by atoms with E-state index in [1.807, 2.05) is 22.1 Å². The van der Waals surface area contributed by atoms with E-state index in [4.69, 9.17) is 4.98 Å². The summed E-state index contributed by atoms with van der Waals surface area (Å²) in [4.78, 5) is 31.1. The Balaban J connectivity index is 1.65. The monoisotopic (exact) mass is 367 g/mol. The van der Waals surface area contributed by atoms with Gasteiger partial charge < -0.3 is 5.32 Å². The number of fused-ring (bicyclic) bond motifs is 2. The molecule has 5 nitrogen and oxygen atoms in total. The van der Waals surface area contributed by atoms with Crippen molar-refractivity contribution in [1.29, 1.82) is 0 Å². The number of amides is 1. The minimum Gasteiger partial charge on any atom is -0.347 e. The molecule has 1 aromatic carbocycles. The maximum Gasteiger partial charge on any atom is 0.261 e. The molecule has 0 bridgehead atoms. The van der Waals surface area contributed by atoms with Gasteiger partial charge in [-0.2, -0.15) is 0 Å². The van der Waals surface area contributed by atoms with Gasteiger partial charge in [-0.15, -0.1) is 11.3 Å². The van der Waals surface area contributed by atoms with E-state index in [1.165, 1.54) is 6.42 Å². The fourth-order valence-corrected chi connectivity index (χ4v) is 4.06. The standard InChI is InChI=1S/C20H21N3O2S/c24-19(21-13-15-6-5-11-26-15)14-8-9-16-17(12-14)22-18-7-3-1-2-4-10-23(18)20(16)25/h5-6,8-9,11-12H,1-4,7,10,13H2,(H,21,24). The van der Waals surface area contributed by atoms with Crippen molar-refractivity contribution in [2.75, 3.05) is 0 Å². The summed E-state index contributed by atoms with van der Waals surface area (Å²) >= 11 is 1.61. The van der Waals surface area contributed by atoms with Gasteiger partial charge in [-0.1, -0.05) is 18.9 Å². The Bertz CT molecular complexity index is 992. The summed E-state index contributed by atoms with van der Waals surface area (Å²) in [7, 11) is 0. The van der Waals surface area contributed by atoms with Gasteiger partial charge in [0.25, 0.3) is 11.5 Å². The molecule has 0 saturated carbocycles. The van der Waals surface area contributed by atoms with Crippen LogP contribution in [0.15, 0.2) is 40.5 Å². The minimum atomic E-state index is -0.144. The van der Waals surface area contributed by atoms with Crippen LogP contribution in [-0.2, 0) is 19.5 Å². The smallest absolute Gasteiger partial charge is 0.261 e. The highest BCUT2D eigenvalue weighted by Crippen LogP contribution is 2.16. The summed E-state index contributed by atoms with van der Waals surface area (Å²) in [5, 5.41) is 5.50. The van der Waals surface area contributed by atoms with Gasteiger partial charge in [0.2, 0.25) is 0 Å². The van der Waals surface area contributed by atoms with E-state index in [0.717, 1.165) is 42.9 Å². The topological polar surface area (TPSA) is 64.0 Å². The van der Waals surface area contributed by atoms with Crippen molar-refractivity contribution in [2.24, 2.45) is 0 Å². The molecule has 0 aliphatic carbocycles. The number of nitrogens with one attached hydrogen (secondary N) is 1. The van der Waals surface area contributed by atoms with E-state index in [-0.39, 0.29) is 11.5 Å². The molecule has 1 aliphatic rings. The van der Waals surface area contributed by atoms with Crippen molar-refractivity contribution in [3.05, 3.63) is 62.3 Å². The van der Waals surface area contributed by atoms with Gasteiger partial charge >= 0.3 is 0 Å². The summed E-state index contributed by atoms with van der Waals surface area (Å²) in [6.07, 6.45) is 5.23. The Hall–Kier alpha value is -2.47. The van der Waals surface area contributed by atoms with E-state index in [1.54, 1.807) is 29.5 Å². The second kappa shape index (κ2) is 7.41. The molecule has 26 heavy (non-hydrogen) atoms. The summed E-state index contributed by atoms with van der Waals surface area (Å²) in [5.74, 6) is 0.701. The fraction of sp³-hybridized carbons (Fsp3) is 0.350. The number of nitrogens with zero attached hydrogens (tertiary/aromatic N) is 2. The molecule has 1 aliphatic heterocycles. The molecule has 0 atom stereocenters. The normalized spacial score (nSPS) is 14.5. The van der Waals surface area contributed by atoms with E-state index < -0.39 is 0 Å². The number of benzene rings is 1. The van der Waals surface area contributed by atoms with Crippen LogP contribution in [0.3, 0.4) is 0 Å². The first-order valence-electron chi connectivity index (χ1n) is 9.06. The van der Waals surface area contributed by atoms with Gasteiger partial charge in [0.15, 0.2) is 0 Å². The Morgan fingerprint density at radius 2 is 2.08 bits per heavy atom. The minimum absolute atomic E-state index is 0.0115. The number of hydrogen-bond donors (Lipinski definition) is 1. The molecule has 0 spiro atoms. The van der Waals surface area contributed by atoms with Crippen LogP contribution in [0.4, 0.5) is 0 Å². The van der Waals surface area contributed by atoms with E-state index in [2.05, 4.69) is 5.32 Å². The quantitative estimate of drug-likeness (QED) is 0.770. The lowest BCUT2D eigenvalue weighted by molar-refractivity contribution is 0.0951. The van der Waals surface area contributed by atoms with Crippen molar-refractivity contribution in [2.45, 2.75) is 45.2 Å². The lowest BCUT2D eigenvalue weighted by Crippen LogP contribution is -2.27. The van der Waals surface area contributed by atoms with Crippen LogP contribution in [0, 0.1) is 0 Å². The van der Waals surface area contributed by atoms with Gasteiger partial charge in [-0.25, -0.2) is 4.98 Å².